The number of rotatable bonds is 7. The molecule has 188 valence electrons. The molecule has 2 atom stereocenters. The number of nitrogens with one attached hydrogen (secondary N) is 1. The number of hydrogen-bond donors (Lipinski definition) is 1. The number of fused-ring (bicyclic) bond motifs is 1. The highest BCUT2D eigenvalue weighted by Crippen LogP contribution is 2.36. The zero-order chi connectivity index (χ0) is 26.1. The van der Waals surface area contributed by atoms with Crippen molar-refractivity contribution in [3.8, 4) is 0 Å². The van der Waals surface area contributed by atoms with Crippen LogP contribution in [0, 0.1) is 6.92 Å². The van der Waals surface area contributed by atoms with E-state index in [1.807, 2.05) is 17.4 Å². The first-order chi connectivity index (χ1) is 17.9. The molecule has 0 fully saturated rings. The van der Waals surface area contributed by atoms with Gasteiger partial charge in [-0.1, -0.05) is 67.1 Å². The molecule has 0 saturated heterocycles. The number of carbonyl (C=O) groups is 1. The zero-order valence-electron chi connectivity index (χ0n) is 21.1. The molecule has 0 bridgehead atoms. The van der Waals surface area contributed by atoms with Crippen molar-refractivity contribution < 1.29 is 4.79 Å². The minimum atomic E-state index is -0.286. The van der Waals surface area contributed by atoms with Gasteiger partial charge in [0.2, 0.25) is 0 Å². The van der Waals surface area contributed by atoms with Gasteiger partial charge < -0.3 is 9.72 Å². The van der Waals surface area contributed by atoms with Crippen molar-refractivity contribution in [2.75, 3.05) is 5.32 Å². The molecule has 2 aromatic carbocycles. The standard InChI is InChI=1S/C29H29ClN5OP/c1-4-24-28(27(20-11-7-6-10-18(20)3)21-12-8-9-13-25(21)37)33-26-14-23(30)22(17-35(24)26)29(36)32-19-15-31-34(5-2)16-19/h6-17,27H,4-5,37H2,1-3H3,(H,32,36). The van der Waals surface area contributed by atoms with Gasteiger partial charge >= 0.3 is 0 Å². The summed E-state index contributed by atoms with van der Waals surface area (Å²) in [7, 11) is 2.87. The summed E-state index contributed by atoms with van der Waals surface area (Å²) < 4.78 is 3.76. The summed E-state index contributed by atoms with van der Waals surface area (Å²) in [4.78, 5) is 18.3. The highest BCUT2D eigenvalue weighted by atomic mass is 35.5. The number of pyridine rings is 1. The quantitative estimate of drug-likeness (QED) is 0.263. The van der Waals surface area contributed by atoms with Crippen LogP contribution in [0.4, 0.5) is 5.69 Å². The Kier molecular flexibility index (Phi) is 7.14. The predicted molar refractivity (Wildman–Crippen MR) is 153 cm³/mol. The molecule has 3 heterocycles. The third kappa shape index (κ3) is 4.79. The lowest BCUT2D eigenvalue weighted by Crippen LogP contribution is -2.15. The zero-order valence-corrected chi connectivity index (χ0v) is 23.0. The number of halogens is 1. The molecule has 0 saturated carbocycles. The van der Waals surface area contributed by atoms with E-state index in [9.17, 15) is 4.79 Å². The molecule has 1 N–H and O–H groups in total. The minimum absolute atomic E-state index is 0.0688. The maximum absolute atomic E-state index is 13.2. The summed E-state index contributed by atoms with van der Waals surface area (Å²) >= 11 is 6.63. The van der Waals surface area contributed by atoms with Gasteiger partial charge in [-0.25, -0.2) is 4.98 Å². The van der Waals surface area contributed by atoms with Gasteiger partial charge in [0, 0.05) is 30.7 Å². The summed E-state index contributed by atoms with van der Waals surface area (Å²) in [5.74, 6) is -0.355. The fraction of sp³-hybridized carbons (Fsp3) is 0.207. The number of benzene rings is 2. The van der Waals surface area contributed by atoms with Crippen LogP contribution in [0.5, 0.6) is 0 Å². The molecule has 6 nitrogen and oxygen atoms in total. The first-order valence-electron chi connectivity index (χ1n) is 12.3. The number of anilines is 1. The number of nitrogens with zero attached hydrogens (tertiary/aromatic N) is 4. The fourth-order valence-electron chi connectivity index (χ4n) is 4.83. The Bertz CT molecular complexity index is 1560. The van der Waals surface area contributed by atoms with Gasteiger partial charge in [-0.15, -0.1) is 9.24 Å². The molecule has 0 aliphatic heterocycles. The average Bonchev–Trinajstić information content (AvgIpc) is 3.49. The van der Waals surface area contributed by atoms with Gasteiger partial charge in [-0.05, 0) is 42.3 Å². The van der Waals surface area contributed by atoms with E-state index in [2.05, 4.69) is 76.0 Å². The molecular formula is C29H29ClN5OP. The van der Waals surface area contributed by atoms with E-state index in [-0.39, 0.29) is 11.8 Å². The highest BCUT2D eigenvalue weighted by Gasteiger charge is 2.27. The van der Waals surface area contributed by atoms with Gasteiger partial charge in [-0.2, -0.15) is 5.10 Å². The Morgan fingerprint density at radius 1 is 1.08 bits per heavy atom. The van der Waals surface area contributed by atoms with Crippen molar-refractivity contribution in [2.45, 2.75) is 39.7 Å². The average molecular weight is 530 g/mol. The van der Waals surface area contributed by atoms with Gasteiger partial charge in [0.15, 0.2) is 0 Å². The lowest BCUT2D eigenvalue weighted by atomic mass is 9.85. The van der Waals surface area contributed by atoms with Crippen molar-refractivity contribution in [2.24, 2.45) is 0 Å². The smallest absolute Gasteiger partial charge is 0.258 e. The van der Waals surface area contributed by atoms with Crippen molar-refractivity contribution >= 4 is 43.4 Å². The van der Waals surface area contributed by atoms with Crippen LogP contribution in [0.2, 0.25) is 5.02 Å². The van der Waals surface area contributed by atoms with Crippen LogP contribution in [-0.2, 0) is 13.0 Å². The highest BCUT2D eigenvalue weighted by molar-refractivity contribution is 7.27. The molecule has 0 aliphatic carbocycles. The second-order valence-electron chi connectivity index (χ2n) is 9.02. The van der Waals surface area contributed by atoms with Crippen molar-refractivity contribution in [1.29, 1.82) is 0 Å². The van der Waals surface area contributed by atoms with E-state index in [0.29, 0.717) is 21.9 Å². The fourth-order valence-corrected chi connectivity index (χ4v) is 5.43. The second kappa shape index (κ2) is 10.5. The van der Waals surface area contributed by atoms with Crippen LogP contribution in [0.3, 0.4) is 0 Å². The Hall–Kier alpha value is -3.47. The van der Waals surface area contributed by atoms with E-state index in [1.54, 1.807) is 29.3 Å². The number of amides is 1. The van der Waals surface area contributed by atoms with E-state index in [4.69, 9.17) is 16.6 Å². The lowest BCUT2D eigenvalue weighted by molar-refractivity contribution is 0.102. The lowest BCUT2D eigenvalue weighted by Gasteiger charge is -2.21. The van der Waals surface area contributed by atoms with Gasteiger partial charge in [0.1, 0.15) is 5.65 Å². The largest absolute Gasteiger partial charge is 0.319 e. The number of hydrogen-bond acceptors (Lipinski definition) is 3. The molecule has 0 spiro atoms. The van der Waals surface area contributed by atoms with E-state index >= 15 is 0 Å². The predicted octanol–water partition coefficient (Wildman–Crippen LogP) is 6.01. The Morgan fingerprint density at radius 2 is 1.81 bits per heavy atom. The normalized spacial score (nSPS) is 12.1. The first kappa shape index (κ1) is 25.2. The number of aromatic nitrogens is 4. The number of carbonyl (C=O) groups excluding carboxylic acids is 1. The maximum Gasteiger partial charge on any atom is 0.258 e. The Labute approximate surface area is 223 Å². The van der Waals surface area contributed by atoms with Crippen LogP contribution >= 0.6 is 20.8 Å². The summed E-state index contributed by atoms with van der Waals surface area (Å²) in [5, 5.41) is 8.61. The SMILES string of the molecule is CCc1c(C(c2ccccc2C)c2ccccc2P)nc2cc(Cl)c(C(=O)Nc3cnn(CC)c3)cn12. The van der Waals surface area contributed by atoms with E-state index in [1.165, 1.54) is 16.7 Å². The van der Waals surface area contributed by atoms with Crippen LogP contribution < -0.4 is 10.6 Å². The molecule has 5 rings (SSSR count). The van der Waals surface area contributed by atoms with Gasteiger partial charge in [0.05, 0.1) is 34.1 Å². The monoisotopic (exact) mass is 529 g/mol. The van der Waals surface area contributed by atoms with E-state index in [0.717, 1.165) is 29.7 Å². The molecule has 3 aromatic heterocycles. The third-order valence-corrected chi connectivity index (χ3v) is 7.55. The number of imidazole rings is 1. The maximum atomic E-state index is 13.2. The molecular weight excluding hydrogens is 501 g/mol. The molecule has 0 radical (unpaired) electrons. The van der Waals surface area contributed by atoms with Crippen molar-refractivity contribution in [1.82, 2.24) is 19.2 Å². The first-order valence-corrected chi connectivity index (χ1v) is 13.3. The molecule has 8 heteroatoms. The van der Waals surface area contributed by atoms with Crippen LogP contribution in [-0.4, -0.2) is 25.1 Å². The minimum Gasteiger partial charge on any atom is -0.319 e. The molecule has 37 heavy (non-hydrogen) atoms. The van der Waals surface area contributed by atoms with Crippen LogP contribution in [0.15, 0.2) is 73.2 Å². The van der Waals surface area contributed by atoms with Gasteiger partial charge in [-0.3, -0.25) is 9.48 Å². The van der Waals surface area contributed by atoms with E-state index < -0.39 is 0 Å². The van der Waals surface area contributed by atoms with Crippen molar-refractivity contribution in [3.05, 3.63) is 112 Å². The summed E-state index contributed by atoms with van der Waals surface area (Å²) in [6.07, 6.45) is 5.97. The topological polar surface area (TPSA) is 64.2 Å². The van der Waals surface area contributed by atoms with Crippen LogP contribution in [0.25, 0.3) is 5.65 Å². The number of aryl methyl sites for hydroxylation is 3. The second-order valence-corrected chi connectivity index (χ2v) is 10.0. The van der Waals surface area contributed by atoms with Crippen molar-refractivity contribution in [3.63, 3.8) is 0 Å². The summed E-state index contributed by atoms with van der Waals surface area (Å²) in [5.41, 5.74) is 7.31. The summed E-state index contributed by atoms with van der Waals surface area (Å²) in [6, 6.07) is 18.6. The Balaban J connectivity index is 1.65. The van der Waals surface area contributed by atoms with Crippen LogP contribution in [0.1, 0.15) is 58.2 Å². The molecule has 2 unspecified atom stereocenters. The molecule has 1 amide bonds. The van der Waals surface area contributed by atoms with Gasteiger partial charge in [0.25, 0.3) is 5.91 Å². The molecule has 0 aliphatic rings. The summed E-state index contributed by atoms with van der Waals surface area (Å²) in [6.45, 7) is 6.96. The third-order valence-electron chi connectivity index (χ3n) is 6.71. The Morgan fingerprint density at radius 3 is 2.49 bits per heavy atom. The molecule has 5 aromatic rings.